The van der Waals surface area contributed by atoms with Crippen LogP contribution in [0.4, 0.5) is 0 Å². The Balaban J connectivity index is 1.90. The Morgan fingerprint density at radius 1 is 1.41 bits per heavy atom. The molecule has 90 valence electrons. The first-order valence-corrected chi connectivity index (χ1v) is 5.76. The van der Waals surface area contributed by atoms with Gasteiger partial charge in [0.2, 0.25) is 0 Å². The quantitative estimate of drug-likeness (QED) is 0.885. The zero-order valence-electron chi connectivity index (χ0n) is 9.34. The molecule has 2 N–H and O–H groups in total. The molecule has 0 radical (unpaired) electrons. The maximum absolute atomic E-state index is 6.07. The Labute approximate surface area is 105 Å². The van der Waals surface area contributed by atoms with E-state index >= 15 is 0 Å². The molecule has 0 saturated heterocycles. The highest BCUT2D eigenvalue weighted by Gasteiger charge is 2.02. The third-order valence-corrected chi connectivity index (χ3v) is 2.66. The molecular weight excluding hydrogens is 238 g/mol. The van der Waals surface area contributed by atoms with Crippen LogP contribution < -0.4 is 10.5 Å². The van der Waals surface area contributed by atoms with E-state index in [1.54, 1.807) is 6.20 Å². The smallest absolute Gasteiger partial charge is 0.138 e. The molecule has 0 aliphatic heterocycles. The van der Waals surface area contributed by atoms with E-state index in [4.69, 9.17) is 22.1 Å². The molecule has 0 unspecified atom stereocenters. The van der Waals surface area contributed by atoms with Crippen molar-refractivity contribution in [3.63, 3.8) is 0 Å². The van der Waals surface area contributed by atoms with E-state index in [0.29, 0.717) is 30.5 Å². The van der Waals surface area contributed by atoms with Crippen molar-refractivity contribution in [2.45, 2.75) is 13.1 Å². The number of halogens is 1. The van der Waals surface area contributed by atoms with Crippen LogP contribution in [0, 0.1) is 0 Å². The van der Waals surface area contributed by atoms with Crippen LogP contribution in [0.5, 0.6) is 5.75 Å². The largest absolute Gasteiger partial charge is 0.490 e. The second kappa shape index (κ2) is 5.70. The summed E-state index contributed by atoms with van der Waals surface area (Å²) in [4.78, 5) is 0. The molecule has 0 spiro atoms. The number of nitrogens with two attached hydrogens (primary N) is 1. The lowest BCUT2D eigenvalue weighted by atomic mass is 10.2. The zero-order chi connectivity index (χ0) is 12.1. The summed E-state index contributed by atoms with van der Waals surface area (Å²) >= 11 is 6.07. The molecule has 2 rings (SSSR count). The predicted molar refractivity (Wildman–Crippen MR) is 67.1 cm³/mol. The van der Waals surface area contributed by atoms with Crippen LogP contribution in [-0.4, -0.2) is 16.4 Å². The van der Waals surface area contributed by atoms with Gasteiger partial charge in [0.1, 0.15) is 12.4 Å². The van der Waals surface area contributed by atoms with Crippen molar-refractivity contribution in [1.82, 2.24) is 9.78 Å². The van der Waals surface area contributed by atoms with Gasteiger partial charge in [0.05, 0.1) is 11.6 Å². The monoisotopic (exact) mass is 251 g/mol. The second-order valence-electron chi connectivity index (χ2n) is 3.59. The van der Waals surface area contributed by atoms with Crippen molar-refractivity contribution in [3.05, 3.63) is 47.2 Å². The molecule has 0 atom stereocenters. The van der Waals surface area contributed by atoms with Gasteiger partial charge < -0.3 is 10.5 Å². The molecule has 0 bridgehead atoms. The lowest BCUT2D eigenvalue weighted by Crippen LogP contribution is -2.08. The van der Waals surface area contributed by atoms with Gasteiger partial charge in [0.25, 0.3) is 0 Å². The summed E-state index contributed by atoms with van der Waals surface area (Å²) in [5.74, 6) is 0.677. The molecule has 1 aromatic carbocycles. The molecule has 2 aromatic rings. The van der Waals surface area contributed by atoms with Gasteiger partial charge in [-0.05, 0) is 23.8 Å². The first-order valence-electron chi connectivity index (χ1n) is 5.38. The maximum Gasteiger partial charge on any atom is 0.138 e. The fraction of sp³-hybridized carbons (Fsp3) is 0.250. The van der Waals surface area contributed by atoms with E-state index in [2.05, 4.69) is 5.10 Å². The standard InChI is InChI=1S/C12H14ClN3O/c13-11-8-10(9-14)2-3-12(11)17-7-6-16-5-1-4-15-16/h1-5,8H,6-7,9,14H2. The Morgan fingerprint density at radius 2 is 2.29 bits per heavy atom. The van der Waals surface area contributed by atoms with E-state index in [1.165, 1.54) is 0 Å². The van der Waals surface area contributed by atoms with Crippen molar-refractivity contribution in [2.24, 2.45) is 5.73 Å². The van der Waals surface area contributed by atoms with Gasteiger partial charge in [-0.25, -0.2) is 0 Å². The molecule has 5 heteroatoms. The van der Waals surface area contributed by atoms with Gasteiger partial charge in [0, 0.05) is 18.9 Å². The van der Waals surface area contributed by atoms with Crippen LogP contribution >= 0.6 is 11.6 Å². The Hall–Kier alpha value is -1.52. The van der Waals surface area contributed by atoms with Gasteiger partial charge in [-0.1, -0.05) is 17.7 Å². The summed E-state index contributed by atoms with van der Waals surface area (Å²) in [5.41, 5.74) is 6.52. The molecule has 0 fully saturated rings. The fourth-order valence-corrected chi connectivity index (χ4v) is 1.73. The fourth-order valence-electron chi connectivity index (χ4n) is 1.47. The molecule has 1 heterocycles. The Morgan fingerprint density at radius 3 is 2.94 bits per heavy atom. The average Bonchev–Trinajstić information content (AvgIpc) is 2.84. The van der Waals surface area contributed by atoms with Crippen molar-refractivity contribution in [3.8, 4) is 5.75 Å². The van der Waals surface area contributed by atoms with Gasteiger partial charge >= 0.3 is 0 Å². The van der Waals surface area contributed by atoms with E-state index in [9.17, 15) is 0 Å². The van der Waals surface area contributed by atoms with E-state index in [1.807, 2.05) is 35.1 Å². The molecule has 0 aliphatic carbocycles. The number of nitrogens with zero attached hydrogens (tertiary/aromatic N) is 2. The predicted octanol–water partition coefficient (Wildman–Crippen LogP) is 2.07. The van der Waals surface area contributed by atoms with Gasteiger partial charge in [-0.2, -0.15) is 5.10 Å². The van der Waals surface area contributed by atoms with Crippen LogP contribution in [0.1, 0.15) is 5.56 Å². The van der Waals surface area contributed by atoms with Crippen LogP contribution in [0.3, 0.4) is 0 Å². The summed E-state index contributed by atoms with van der Waals surface area (Å²) in [5, 5.41) is 4.68. The van der Waals surface area contributed by atoms with E-state index < -0.39 is 0 Å². The van der Waals surface area contributed by atoms with Crippen molar-refractivity contribution in [1.29, 1.82) is 0 Å². The van der Waals surface area contributed by atoms with Crippen molar-refractivity contribution < 1.29 is 4.74 Å². The number of rotatable bonds is 5. The number of hydrogen-bond donors (Lipinski definition) is 1. The third kappa shape index (κ3) is 3.22. The number of ether oxygens (including phenoxy) is 1. The van der Waals surface area contributed by atoms with Gasteiger partial charge in [-0.15, -0.1) is 0 Å². The summed E-state index contributed by atoms with van der Waals surface area (Å²) in [6, 6.07) is 7.45. The summed E-state index contributed by atoms with van der Waals surface area (Å²) in [7, 11) is 0. The third-order valence-electron chi connectivity index (χ3n) is 2.37. The minimum atomic E-state index is 0.479. The Kier molecular flexibility index (Phi) is 4.01. The zero-order valence-corrected chi connectivity index (χ0v) is 10.1. The SMILES string of the molecule is NCc1ccc(OCCn2cccn2)c(Cl)c1. The Bertz CT molecular complexity index is 471. The highest BCUT2D eigenvalue weighted by atomic mass is 35.5. The van der Waals surface area contributed by atoms with Gasteiger partial charge in [0.15, 0.2) is 0 Å². The molecule has 17 heavy (non-hydrogen) atoms. The molecule has 0 amide bonds. The van der Waals surface area contributed by atoms with Crippen LogP contribution in [0.25, 0.3) is 0 Å². The average molecular weight is 252 g/mol. The van der Waals surface area contributed by atoms with E-state index in [0.717, 1.165) is 5.56 Å². The molecular formula is C12H14ClN3O. The number of aromatic nitrogens is 2. The summed E-state index contributed by atoms with van der Waals surface area (Å²) in [6.07, 6.45) is 3.63. The first kappa shape index (κ1) is 12.0. The van der Waals surface area contributed by atoms with Crippen molar-refractivity contribution in [2.75, 3.05) is 6.61 Å². The molecule has 4 nitrogen and oxygen atoms in total. The van der Waals surface area contributed by atoms with Crippen LogP contribution in [0.15, 0.2) is 36.7 Å². The van der Waals surface area contributed by atoms with Crippen LogP contribution in [-0.2, 0) is 13.1 Å². The van der Waals surface area contributed by atoms with Crippen LogP contribution in [0.2, 0.25) is 5.02 Å². The first-order chi connectivity index (χ1) is 8.29. The van der Waals surface area contributed by atoms with E-state index in [-0.39, 0.29) is 0 Å². The summed E-state index contributed by atoms with van der Waals surface area (Å²) < 4.78 is 7.38. The normalized spacial score (nSPS) is 10.5. The lowest BCUT2D eigenvalue weighted by Gasteiger charge is -2.09. The molecule has 0 saturated carbocycles. The highest BCUT2D eigenvalue weighted by Crippen LogP contribution is 2.25. The number of hydrogen-bond acceptors (Lipinski definition) is 3. The minimum Gasteiger partial charge on any atom is -0.490 e. The lowest BCUT2D eigenvalue weighted by molar-refractivity contribution is 0.291. The number of benzene rings is 1. The maximum atomic E-state index is 6.07. The second-order valence-corrected chi connectivity index (χ2v) is 3.99. The molecule has 1 aromatic heterocycles. The molecule has 0 aliphatic rings. The topological polar surface area (TPSA) is 53.1 Å². The minimum absolute atomic E-state index is 0.479. The van der Waals surface area contributed by atoms with Crippen molar-refractivity contribution >= 4 is 11.6 Å². The highest BCUT2D eigenvalue weighted by molar-refractivity contribution is 6.32. The van der Waals surface area contributed by atoms with Gasteiger partial charge in [-0.3, -0.25) is 4.68 Å². The summed E-state index contributed by atoms with van der Waals surface area (Å²) in [6.45, 7) is 1.71.